The second-order valence-electron chi connectivity index (χ2n) is 21.8. The third-order valence-electron chi connectivity index (χ3n) is 14.2. The Morgan fingerprint density at radius 3 is 1.78 bits per heavy atom. The van der Waals surface area contributed by atoms with Crippen molar-refractivity contribution < 1.29 is 76.4 Å². The summed E-state index contributed by atoms with van der Waals surface area (Å²) < 4.78 is 28.0. The Bertz CT molecular complexity index is 2260. The Kier molecular flexibility index (Phi) is 31.5. The number of likely N-dealkylation sites (tertiary alicyclic amines) is 1. The number of rotatable bonds is 39. The molecule has 0 aliphatic carbocycles. The number of nitrogens with two attached hydrogens (primary N) is 1. The average Bonchev–Trinajstić information content (AvgIpc) is 3.89. The van der Waals surface area contributed by atoms with Crippen LogP contribution in [-0.2, 0) is 66.8 Å². The number of carbonyl (C=O) groups excluding carboxylic acids is 11. The second kappa shape index (κ2) is 36.9. The maximum absolute atomic E-state index is 14.2. The van der Waals surface area contributed by atoms with Gasteiger partial charge in [-0.05, 0) is 56.7 Å². The Labute approximate surface area is 482 Å². The lowest BCUT2D eigenvalue weighted by molar-refractivity contribution is -0.143. The van der Waals surface area contributed by atoms with Gasteiger partial charge in [-0.2, -0.15) is 0 Å². The van der Waals surface area contributed by atoms with E-state index in [9.17, 15) is 52.7 Å². The van der Waals surface area contributed by atoms with E-state index < -0.39 is 59.9 Å². The van der Waals surface area contributed by atoms with Crippen molar-refractivity contribution in [2.24, 2.45) is 35.3 Å². The fourth-order valence-electron chi connectivity index (χ4n) is 9.44. The summed E-state index contributed by atoms with van der Waals surface area (Å²) in [5, 5.41) is 10.8. The van der Waals surface area contributed by atoms with Crippen molar-refractivity contribution in [3.05, 3.63) is 29.8 Å². The van der Waals surface area contributed by atoms with E-state index in [0.717, 1.165) is 4.90 Å². The van der Waals surface area contributed by atoms with Gasteiger partial charge in [0.25, 0.3) is 5.91 Å². The van der Waals surface area contributed by atoms with Crippen molar-refractivity contribution >= 4 is 70.6 Å². The number of benzene rings is 1. The van der Waals surface area contributed by atoms with Gasteiger partial charge in [-0.25, -0.2) is 9.59 Å². The van der Waals surface area contributed by atoms with E-state index in [2.05, 4.69) is 26.2 Å². The minimum Gasteiger partial charge on any atom is -0.431 e. The van der Waals surface area contributed by atoms with Crippen LogP contribution in [-0.4, -0.2) is 209 Å². The number of carbonyl (C=O) groups is 11. The summed E-state index contributed by atoms with van der Waals surface area (Å²) in [4.78, 5) is 148. The van der Waals surface area contributed by atoms with Crippen LogP contribution in [0.4, 0.5) is 15.3 Å². The Morgan fingerprint density at radius 1 is 0.671 bits per heavy atom. The maximum Gasteiger partial charge on any atom is 0.411 e. The quantitative estimate of drug-likeness (QED) is 0.0467. The molecule has 2 aliphatic heterocycles. The fourth-order valence-corrected chi connectivity index (χ4v) is 9.44. The number of nitrogens with zero attached hydrogens (tertiary/aromatic N) is 4. The zero-order valence-electron chi connectivity index (χ0n) is 49.6. The number of piperazine rings is 1. The van der Waals surface area contributed by atoms with Crippen LogP contribution in [0.5, 0.6) is 0 Å². The molecule has 2 heterocycles. The molecule has 6 N–H and O–H groups in total. The van der Waals surface area contributed by atoms with E-state index in [1.165, 1.54) is 18.9 Å². The molecule has 0 radical (unpaired) electrons. The SMILES string of the molecule is CC(=O)[C@@H](CC(=O)[C@H](C(C)C)N(C)C(=O)OC(C(=O)N1CCN(C)CC1)c1ccc(NC(=O)[C@H](CCCNC(N)=O)CC(=O)[C@@H](NC(=O)CCOCCOCCOCCOCCNC(=O)CCN2C(=O)CCC2=O)C(C)C)cc1)C(C)C. The number of primary amides is 1. The number of hydrogen-bond donors (Lipinski definition) is 5. The number of imide groups is 1. The molecule has 5 atom stereocenters. The molecule has 1 aromatic carbocycles. The molecule has 1 unspecified atom stereocenters. The highest BCUT2D eigenvalue weighted by Crippen LogP contribution is 2.28. The van der Waals surface area contributed by atoms with Crippen molar-refractivity contribution in [1.82, 2.24) is 35.6 Å². The van der Waals surface area contributed by atoms with Crippen LogP contribution in [0.3, 0.4) is 0 Å². The summed E-state index contributed by atoms with van der Waals surface area (Å²) in [5.74, 6) is -5.20. The summed E-state index contributed by atoms with van der Waals surface area (Å²) in [6.45, 7) is 16.7. The number of ether oxygens (including phenoxy) is 5. The molecule has 0 spiro atoms. The normalized spacial score (nSPS) is 15.7. The molecular weight excluding hydrogens is 1070 g/mol. The van der Waals surface area contributed by atoms with E-state index in [1.807, 2.05) is 20.9 Å². The molecule has 2 fully saturated rings. The molecule has 2 saturated heterocycles. The summed E-state index contributed by atoms with van der Waals surface area (Å²) >= 11 is 0. The van der Waals surface area contributed by atoms with Crippen LogP contribution in [0.25, 0.3) is 0 Å². The lowest BCUT2D eigenvalue weighted by atomic mass is 9.84. The van der Waals surface area contributed by atoms with Gasteiger partial charge < -0.3 is 65.4 Å². The first-order valence-electron chi connectivity index (χ1n) is 28.5. The molecule has 2 aliphatic rings. The highest BCUT2D eigenvalue weighted by atomic mass is 16.6. The highest BCUT2D eigenvalue weighted by molar-refractivity contribution is 6.02. The Morgan fingerprint density at radius 2 is 1.24 bits per heavy atom. The highest BCUT2D eigenvalue weighted by Gasteiger charge is 2.38. The molecule has 460 valence electrons. The summed E-state index contributed by atoms with van der Waals surface area (Å²) in [6.07, 6.45) is -1.79. The molecule has 9 amide bonds. The third kappa shape index (κ3) is 25.0. The molecular formula is C57H91N9O16. The maximum atomic E-state index is 14.2. The van der Waals surface area contributed by atoms with Gasteiger partial charge in [0, 0.05) is 114 Å². The summed E-state index contributed by atoms with van der Waals surface area (Å²) in [7, 11) is 3.38. The van der Waals surface area contributed by atoms with Crippen LogP contribution >= 0.6 is 0 Å². The number of likely N-dealkylation sites (N-methyl/N-ethyl adjacent to an activating group) is 2. The first-order valence-corrected chi connectivity index (χ1v) is 28.5. The number of amides is 9. The van der Waals surface area contributed by atoms with Crippen molar-refractivity contribution in [2.75, 3.05) is 118 Å². The molecule has 82 heavy (non-hydrogen) atoms. The predicted octanol–water partition coefficient (Wildman–Crippen LogP) is 2.63. The average molecular weight is 1160 g/mol. The van der Waals surface area contributed by atoms with Gasteiger partial charge in [-0.15, -0.1) is 0 Å². The first kappa shape index (κ1) is 69.9. The molecule has 25 heteroatoms. The minimum atomic E-state index is -1.42. The lowest BCUT2D eigenvalue weighted by Gasteiger charge is -2.35. The van der Waals surface area contributed by atoms with E-state index >= 15 is 0 Å². The molecule has 25 nitrogen and oxygen atoms in total. The van der Waals surface area contributed by atoms with E-state index in [-0.39, 0.29) is 144 Å². The molecule has 1 aromatic rings. The van der Waals surface area contributed by atoms with Gasteiger partial charge in [0.05, 0.1) is 64.9 Å². The first-order chi connectivity index (χ1) is 38.9. The second-order valence-corrected chi connectivity index (χ2v) is 21.8. The zero-order valence-corrected chi connectivity index (χ0v) is 49.6. The monoisotopic (exact) mass is 1160 g/mol. The van der Waals surface area contributed by atoms with Gasteiger partial charge >= 0.3 is 12.1 Å². The third-order valence-corrected chi connectivity index (χ3v) is 14.2. The molecule has 0 saturated carbocycles. The fraction of sp³-hybridized carbons (Fsp3) is 0.702. The van der Waals surface area contributed by atoms with Crippen LogP contribution in [0.15, 0.2) is 24.3 Å². The number of urea groups is 1. The van der Waals surface area contributed by atoms with Crippen LogP contribution < -0.4 is 27.0 Å². The minimum absolute atomic E-state index is 0.0364. The summed E-state index contributed by atoms with van der Waals surface area (Å²) in [5.41, 5.74) is 5.88. The molecule has 3 rings (SSSR count). The van der Waals surface area contributed by atoms with E-state index in [4.69, 9.17) is 29.4 Å². The Hall–Kier alpha value is -6.41. The van der Waals surface area contributed by atoms with Gasteiger partial charge in [0.2, 0.25) is 35.6 Å². The van der Waals surface area contributed by atoms with E-state index in [1.54, 1.807) is 56.9 Å². The largest absolute Gasteiger partial charge is 0.431 e. The van der Waals surface area contributed by atoms with Gasteiger partial charge in [-0.1, -0.05) is 53.7 Å². The van der Waals surface area contributed by atoms with Gasteiger partial charge in [-0.3, -0.25) is 48.1 Å². The van der Waals surface area contributed by atoms with Crippen LogP contribution in [0.1, 0.15) is 112 Å². The number of hydrogen-bond acceptors (Lipinski definition) is 17. The lowest BCUT2D eigenvalue weighted by Crippen LogP contribution is -2.50. The molecule has 0 bridgehead atoms. The van der Waals surface area contributed by atoms with Crippen molar-refractivity contribution in [1.29, 1.82) is 0 Å². The standard InChI is InChI=1S/C57H91N9O16/c1-37(2)44(40(7)67)36-46(69)52(39(5)6)64(9)57(77)82-53(55(75)65-25-23-63(8)24-26-65)41-12-14-43(15-13-41)61-54(74)42(11-10-20-60-56(58)76)35-45(68)51(38(3)4)62-48(71)19-27-78-29-31-80-33-34-81-32-30-79-28-21-59-47(70)18-22-66-49(72)16-17-50(66)73/h12-15,37-39,42,44,51-53H,10-11,16-36H2,1-9H3,(H,59,70)(H,61,74)(H,62,71)(H3,58,60,76)/t42-,44+,51+,52+,53?/m1/s1. The zero-order chi connectivity index (χ0) is 60.9. The number of ketones is 3. The van der Waals surface area contributed by atoms with Gasteiger partial charge in [0.1, 0.15) is 5.78 Å². The van der Waals surface area contributed by atoms with Crippen molar-refractivity contribution in [2.45, 2.75) is 118 Å². The number of nitrogens with one attached hydrogen (secondary N) is 4. The number of anilines is 1. The van der Waals surface area contributed by atoms with Crippen LogP contribution in [0, 0.1) is 29.6 Å². The topological polar surface area (TPSA) is 321 Å². The summed E-state index contributed by atoms with van der Waals surface area (Å²) in [6, 6.07) is 3.57. The number of Topliss-reactive ketones (excluding diaryl/α,β-unsaturated/α-hetero) is 3. The Balaban J connectivity index is 1.52. The van der Waals surface area contributed by atoms with Gasteiger partial charge in [0.15, 0.2) is 11.6 Å². The van der Waals surface area contributed by atoms with Crippen LogP contribution in [0.2, 0.25) is 0 Å². The molecule has 0 aromatic heterocycles. The van der Waals surface area contributed by atoms with Crippen molar-refractivity contribution in [3.63, 3.8) is 0 Å². The smallest absolute Gasteiger partial charge is 0.411 e. The predicted molar refractivity (Wildman–Crippen MR) is 302 cm³/mol. The van der Waals surface area contributed by atoms with Crippen molar-refractivity contribution in [3.8, 4) is 0 Å². The van der Waals surface area contributed by atoms with E-state index in [0.29, 0.717) is 70.3 Å².